The minimum Gasteiger partial charge on any atom is -0.305 e. The Morgan fingerprint density at radius 3 is 2.50 bits per heavy atom. The molecule has 106 valence electrons. The fourth-order valence-electron chi connectivity index (χ4n) is 1.57. The predicted molar refractivity (Wildman–Crippen MR) is 78.9 cm³/mol. The summed E-state index contributed by atoms with van der Waals surface area (Å²) >= 11 is 0. The van der Waals surface area contributed by atoms with Gasteiger partial charge < -0.3 is 5.41 Å². The highest BCUT2D eigenvalue weighted by atomic mass is 19.1. The van der Waals surface area contributed by atoms with E-state index in [-0.39, 0.29) is 0 Å². The molecule has 4 heteroatoms. The third-order valence-corrected chi connectivity index (χ3v) is 3.12. The number of rotatable bonds is 4. The lowest BCUT2D eigenvalue weighted by molar-refractivity contribution is 0.619. The topological polar surface area (TPSA) is 36.7 Å². The minimum absolute atomic E-state index is 0.294. The zero-order valence-electron chi connectivity index (χ0n) is 12.1. The van der Waals surface area contributed by atoms with Crippen molar-refractivity contribution in [2.75, 3.05) is 0 Å². The summed E-state index contributed by atoms with van der Waals surface area (Å²) in [4.78, 5) is 3.90. The molecule has 0 saturated heterocycles. The van der Waals surface area contributed by atoms with Gasteiger partial charge in [0.1, 0.15) is 11.6 Å². The molecular weight excluding hydrogens is 258 g/mol. The highest BCUT2D eigenvalue weighted by Crippen LogP contribution is 2.27. The summed E-state index contributed by atoms with van der Waals surface area (Å²) in [7, 11) is 0. The Morgan fingerprint density at radius 1 is 1.35 bits per heavy atom. The third-order valence-electron chi connectivity index (χ3n) is 3.12. The van der Waals surface area contributed by atoms with E-state index in [1.165, 1.54) is 12.1 Å². The summed E-state index contributed by atoms with van der Waals surface area (Å²) in [6.07, 6.45) is 2.40. The number of hydrogen-bond donors (Lipinski definition) is 1. The molecule has 1 aromatic heterocycles. The van der Waals surface area contributed by atoms with Crippen LogP contribution in [0.25, 0.3) is 5.57 Å². The molecular formula is C16H18F2N2. The van der Waals surface area contributed by atoms with Gasteiger partial charge in [0.15, 0.2) is 0 Å². The highest BCUT2D eigenvalue weighted by Gasteiger charge is 2.11. The van der Waals surface area contributed by atoms with Crippen LogP contribution in [0.2, 0.25) is 0 Å². The van der Waals surface area contributed by atoms with Gasteiger partial charge in [-0.1, -0.05) is 6.58 Å². The fourth-order valence-corrected chi connectivity index (χ4v) is 1.57. The van der Waals surface area contributed by atoms with Gasteiger partial charge in [0.25, 0.3) is 0 Å². The van der Waals surface area contributed by atoms with Gasteiger partial charge in [0, 0.05) is 17.0 Å². The Bertz CT molecular complexity index is 625. The second-order valence-corrected chi connectivity index (χ2v) is 4.69. The van der Waals surface area contributed by atoms with E-state index in [2.05, 4.69) is 11.6 Å². The number of allylic oxidation sites excluding steroid dienone is 5. The lowest BCUT2D eigenvalue weighted by Gasteiger charge is -2.10. The number of aryl methyl sites for hydroxylation is 1. The molecule has 0 atom stereocenters. The molecule has 1 rings (SSSR count). The zero-order valence-corrected chi connectivity index (χ0v) is 12.1. The van der Waals surface area contributed by atoms with E-state index in [4.69, 9.17) is 5.41 Å². The van der Waals surface area contributed by atoms with Crippen molar-refractivity contribution < 1.29 is 8.78 Å². The zero-order chi connectivity index (χ0) is 15.4. The Hall–Kier alpha value is -2.10. The van der Waals surface area contributed by atoms with Crippen LogP contribution in [-0.2, 0) is 0 Å². The van der Waals surface area contributed by atoms with Crippen molar-refractivity contribution in [3.8, 4) is 0 Å². The number of halogens is 2. The third kappa shape index (κ3) is 3.70. The number of nitrogens with zero attached hydrogens (tertiary/aromatic N) is 1. The van der Waals surface area contributed by atoms with E-state index >= 15 is 0 Å². The maximum absolute atomic E-state index is 14.1. The molecule has 0 unspecified atom stereocenters. The van der Waals surface area contributed by atoms with E-state index in [1.54, 1.807) is 27.7 Å². The van der Waals surface area contributed by atoms with Gasteiger partial charge in [0.05, 0.1) is 6.20 Å². The Balaban J connectivity index is 3.23. The van der Waals surface area contributed by atoms with E-state index in [1.807, 2.05) is 0 Å². The summed E-state index contributed by atoms with van der Waals surface area (Å²) in [5.41, 5.74) is 2.59. The second-order valence-electron chi connectivity index (χ2n) is 4.69. The van der Waals surface area contributed by atoms with Gasteiger partial charge in [-0.15, -0.1) is 0 Å². The van der Waals surface area contributed by atoms with Crippen LogP contribution >= 0.6 is 0 Å². The predicted octanol–water partition coefficient (Wildman–Crippen LogP) is 4.77. The van der Waals surface area contributed by atoms with E-state index in [0.717, 1.165) is 6.20 Å². The maximum atomic E-state index is 14.1. The Morgan fingerprint density at radius 2 is 1.95 bits per heavy atom. The Labute approximate surface area is 118 Å². The monoisotopic (exact) mass is 276 g/mol. The molecule has 0 amide bonds. The summed E-state index contributed by atoms with van der Waals surface area (Å²) in [6.45, 7) is 10.4. The van der Waals surface area contributed by atoms with Crippen molar-refractivity contribution in [1.82, 2.24) is 4.98 Å². The van der Waals surface area contributed by atoms with Crippen LogP contribution in [0.3, 0.4) is 0 Å². The molecule has 0 aliphatic rings. The summed E-state index contributed by atoms with van der Waals surface area (Å²) in [5.74, 6) is -0.968. The number of hydrogen-bond acceptors (Lipinski definition) is 2. The van der Waals surface area contributed by atoms with E-state index < -0.39 is 11.6 Å². The molecule has 0 spiro atoms. The average Bonchev–Trinajstić information content (AvgIpc) is 2.39. The van der Waals surface area contributed by atoms with Crippen LogP contribution in [0.4, 0.5) is 8.78 Å². The lowest BCUT2D eigenvalue weighted by atomic mass is 9.98. The Kier molecular flexibility index (Phi) is 5.08. The first kappa shape index (κ1) is 16.0. The number of aromatic nitrogens is 1. The van der Waals surface area contributed by atoms with Gasteiger partial charge in [-0.2, -0.15) is 0 Å². The molecule has 0 fully saturated rings. The first-order valence-electron chi connectivity index (χ1n) is 6.16. The molecule has 0 radical (unpaired) electrons. The number of nitrogens with one attached hydrogen (secondary N) is 1. The van der Waals surface area contributed by atoms with Crippen molar-refractivity contribution >= 4 is 11.3 Å². The first-order chi connectivity index (χ1) is 9.23. The highest BCUT2D eigenvalue weighted by molar-refractivity contribution is 5.95. The second kappa shape index (κ2) is 6.37. The van der Waals surface area contributed by atoms with Crippen molar-refractivity contribution in [3.05, 3.63) is 59.0 Å². The lowest BCUT2D eigenvalue weighted by Crippen LogP contribution is -1.96. The SMILES string of the molecule is C=C(C(C)=C(F)/C=C(/C)C(C)=N)c1cc(F)cnc1C. The van der Waals surface area contributed by atoms with Crippen molar-refractivity contribution in [1.29, 1.82) is 5.41 Å². The molecule has 0 aliphatic carbocycles. The minimum atomic E-state index is -0.484. The maximum Gasteiger partial charge on any atom is 0.142 e. The standard InChI is InChI=1S/C16H18F2N2/c1-9(12(4)19)6-16(18)11(3)10(2)15-7-14(17)8-20-13(15)5/h6-8,19H,2H2,1,3-5H3/b9-6-,16-11?,19-12?. The van der Waals surface area contributed by atoms with Gasteiger partial charge in [-0.05, 0) is 56.6 Å². The van der Waals surface area contributed by atoms with E-state index in [0.29, 0.717) is 33.7 Å². The summed E-state index contributed by atoms with van der Waals surface area (Å²) < 4.78 is 27.3. The molecule has 20 heavy (non-hydrogen) atoms. The van der Waals surface area contributed by atoms with Crippen LogP contribution in [0.5, 0.6) is 0 Å². The molecule has 0 bridgehead atoms. The summed E-state index contributed by atoms with van der Waals surface area (Å²) in [6, 6.07) is 1.29. The number of pyridine rings is 1. The van der Waals surface area contributed by atoms with Crippen LogP contribution in [0, 0.1) is 18.2 Å². The van der Waals surface area contributed by atoms with Crippen LogP contribution in [-0.4, -0.2) is 10.7 Å². The summed E-state index contributed by atoms with van der Waals surface area (Å²) in [5, 5.41) is 7.43. The van der Waals surface area contributed by atoms with Gasteiger partial charge >= 0.3 is 0 Å². The van der Waals surface area contributed by atoms with E-state index in [9.17, 15) is 8.78 Å². The molecule has 1 N–H and O–H groups in total. The normalized spacial score (nSPS) is 13.0. The molecule has 0 aliphatic heterocycles. The average molecular weight is 276 g/mol. The molecule has 0 aromatic carbocycles. The van der Waals surface area contributed by atoms with Crippen molar-refractivity contribution in [2.24, 2.45) is 0 Å². The van der Waals surface area contributed by atoms with Gasteiger partial charge in [0.2, 0.25) is 0 Å². The van der Waals surface area contributed by atoms with Crippen molar-refractivity contribution in [3.63, 3.8) is 0 Å². The van der Waals surface area contributed by atoms with Crippen molar-refractivity contribution in [2.45, 2.75) is 27.7 Å². The van der Waals surface area contributed by atoms with Gasteiger partial charge in [-0.3, -0.25) is 4.98 Å². The first-order valence-corrected chi connectivity index (χ1v) is 6.16. The quantitative estimate of drug-likeness (QED) is 0.624. The fraction of sp³-hybridized carbons (Fsp3) is 0.250. The van der Waals surface area contributed by atoms with Crippen LogP contribution in [0.1, 0.15) is 32.0 Å². The molecule has 2 nitrogen and oxygen atoms in total. The largest absolute Gasteiger partial charge is 0.305 e. The molecule has 0 saturated carbocycles. The molecule has 1 aromatic rings. The van der Waals surface area contributed by atoms with Crippen LogP contribution < -0.4 is 0 Å². The molecule has 1 heterocycles. The van der Waals surface area contributed by atoms with Crippen LogP contribution in [0.15, 0.2) is 41.9 Å². The van der Waals surface area contributed by atoms with Gasteiger partial charge in [-0.25, -0.2) is 8.78 Å². The smallest absolute Gasteiger partial charge is 0.142 e.